The minimum atomic E-state index is -0.346. The van der Waals surface area contributed by atoms with E-state index in [-0.39, 0.29) is 12.0 Å². The van der Waals surface area contributed by atoms with Crippen molar-refractivity contribution in [3.63, 3.8) is 0 Å². The smallest absolute Gasteiger partial charge is 0.222 e. The van der Waals surface area contributed by atoms with Gasteiger partial charge in [0.05, 0.1) is 6.10 Å². The highest BCUT2D eigenvalue weighted by atomic mass is 16.3. The SMILES string of the molecule is C#CCCCCC(=O)N(C)CCC(C)O. The number of aliphatic hydroxyl groups excluding tert-OH is 1. The molecule has 0 aliphatic heterocycles. The van der Waals surface area contributed by atoms with Crippen LogP contribution in [0.3, 0.4) is 0 Å². The maximum Gasteiger partial charge on any atom is 0.222 e. The van der Waals surface area contributed by atoms with E-state index >= 15 is 0 Å². The van der Waals surface area contributed by atoms with Crippen molar-refractivity contribution in [3.8, 4) is 12.3 Å². The number of carbonyl (C=O) groups excluding carboxylic acids is 1. The average molecular weight is 211 g/mol. The third-order valence-corrected chi connectivity index (χ3v) is 2.27. The molecular weight excluding hydrogens is 190 g/mol. The molecule has 0 spiro atoms. The Kier molecular flexibility index (Phi) is 7.75. The van der Waals surface area contributed by atoms with Crippen LogP contribution in [0.25, 0.3) is 0 Å². The van der Waals surface area contributed by atoms with E-state index in [1.807, 2.05) is 0 Å². The fourth-order valence-corrected chi connectivity index (χ4v) is 1.20. The van der Waals surface area contributed by atoms with Gasteiger partial charge in [-0.15, -0.1) is 12.3 Å². The molecule has 1 amide bonds. The Morgan fingerprint density at radius 1 is 1.53 bits per heavy atom. The van der Waals surface area contributed by atoms with Crippen LogP contribution in [-0.2, 0) is 4.79 Å². The lowest BCUT2D eigenvalue weighted by atomic mass is 10.2. The minimum absolute atomic E-state index is 0.132. The van der Waals surface area contributed by atoms with Crippen LogP contribution in [0.4, 0.5) is 0 Å². The van der Waals surface area contributed by atoms with Gasteiger partial charge in [0.1, 0.15) is 0 Å². The molecule has 3 nitrogen and oxygen atoms in total. The highest BCUT2D eigenvalue weighted by Crippen LogP contribution is 2.03. The van der Waals surface area contributed by atoms with Crippen LogP contribution in [-0.4, -0.2) is 35.6 Å². The summed E-state index contributed by atoms with van der Waals surface area (Å²) in [4.78, 5) is 13.2. The Bertz CT molecular complexity index is 218. The van der Waals surface area contributed by atoms with E-state index in [1.165, 1.54) is 0 Å². The van der Waals surface area contributed by atoms with E-state index in [2.05, 4.69) is 5.92 Å². The third-order valence-electron chi connectivity index (χ3n) is 2.27. The zero-order valence-electron chi connectivity index (χ0n) is 9.70. The summed E-state index contributed by atoms with van der Waals surface area (Å²) in [5, 5.41) is 9.07. The van der Waals surface area contributed by atoms with Gasteiger partial charge in [-0.3, -0.25) is 4.79 Å². The molecule has 0 radical (unpaired) electrons. The van der Waals surface area contributed by atoms with Crippen molar-refractivity contribution in [2.45, 2.75) is 45.1 Å². The molecule has 1 atom stereocenters. The predicted octanol–water partition coefficient (Wildman–Crippen LogP) is 1.41. The summed E-state index contributed by atoms with van der Waals surface area (Å²) in [7, 11) is 1.77. The number of aliphatic hydroxyl groups is 1. The van der Waals surface area contributed by atoms with Crippen LogP contribution in [0, 0.1) is 12.3 Å². The number of rotatable bonds is 7. The summed E-state index contributed by atoms with van der Waals surface area (Å²) in [5.74, 6) is 2.68. The summed E-state index contributed by atoms with van der Waals surface area (Å²) in [5.41, 5.74) is 0. The zero-order valence-corrected chi connectivity index (χ0v) is 9.70. The van der Waals surface area contributed by atoms with Crippen molar-refractivity contribution in [3.05, 3.63) is 0 Å². The van der Waals surface area contributed by atoms with Gasteiger partial charge < -0.3 is 10.0 Å². The topological polar surface area (TPSA) is 40.5 Å². The second-order valence-corrected chi connectivity index (χ2v) is 3.86. The lowest BCUT2D eigenvalue weighted by molar-refractivity contribution is -0.130. The van der Waals surface area contributed by atoms with Gasteiger partial charge in [-0.25, -0.2) is 0 Å². The van der Waals surface area contributed by atoms with Crippen molar-refractivity contribution in [1.82, 2.24) is 4.90 Å². The standard InChI is InChI=1S/C12H21NO2/c1-4-5-6-7-8-12(15)13(3)10-9-11(2)14/h1,11,14H,5-10H2,2-3H3. The van der Waals surface area contributed by atoms with Crippen LogP contribution < -0.4 is 0 Å². The van der Waals surface area contributed by atoms with Gasteiger partial charge in [0.25, 0.3) is 0 Å². The first-order chi connectivity index (χ1) is 7.07. The Hall–Kier alpha value is -1.01. The van der Waals surface area contributed by atoms with E-state index in [4.69, 9.17) is 11.5 Å². The lowest BCUT2D eigenvalue weighted by Gasteiger charge is -2.17. The van der Waals surface area contributed by atoms with Crippen molar-refractivity contribution in [2.24, 2.45) is 0 Å². The Morgan fingerprint density at radius 3 is 2.73 bits per heavy atom. The molecule has 86 valence electrons. The number of nitrogens with zero attached hydrogens (tertiary/aromatic N) is 1. The summed E-state index contributed by atoms with van der Waals surface area (Å²) in [6.07, 6.45) is 8.45. The minimum Gasteiger partial charge on any atom is -0.393 e. The Balaban J connectivity index is 3.56. The predicted molar refractivity (Wildman–Crippen MR) is 61.2 cm³/mol. The fraction of sp³-hybridized carbons (Fsp3) is 0.750. The van der Waals surface area contributed by atoms with E-state index in [1.54, 1.807) is 18.9 Å². The largest absolute Gasteiger partial charge is 0.393 e. The van der Waals surface area contributed by atoms with Gasteiger partial charge in [0.2, 0.25) is 5.91 Å². The summed E-state index contributed by atoms with van der Waals surface area (Å²) < 4.78 is 0. The molecule has 3 heteroatoms. The first-order valence-corrected chi connectivity index (χ1v) is 5.43. The van der Waals surface area contributed by atoms with Gasteiger partial charge >= 0.3 is 0 Å². The molecule has 0 rings (SSSR count). The maximum atomic E-state index is 11.5. The number of hydrogen-bond donors (Lipinski definition) is 1. The van der Waals surface area contributed by atoms with Crippen molar-refractivity contribution in [2.75, 3.05) is 13.6 Å². The van der Waals surface area contributed by atoms with Gasteiger partial charge in [0, 0.05) is 26.4 Å². The molecule has 0 saturated heterocycles. The van der Waals surface area contributed by atoms with E-state index in [9.17, 15) is 4.79 Å². The van der Waals surface area contributed by atoms with Crippen LogP contribution in [0.2, 0.25) is 0 Å². The molecule has 1 N–H and O–H groups in total. The number of terminal acetylenes is 1. The van der Waals surface area contributed by atoms with E-state index < -0.39 is 0 Å². The van der Waals surface area contributed by atoms with E-state index in [0.717, 1.165) is 19.3 Å². The van der Waals surface area contributed by atoms with E-state index in [0.29, 0.717) is 19.4 Å². The molecule has 0 aliphatic rings. The Morgan fingerprint density at radius 2 is 2.20 bits per heavy atom. The molecule has 0 heterocycles. The molecular formula is C12H21NO2. The summed E-state index contributed by atoms with van der Waals surface area (Å²) in [6, 6.07) is 0. The first kappa shape index (κ1) is 14.0. The molecule has 0 aromatic carbocycles. The van der Waals surface area contributed by atoms with Crippen molar-refractivity contribution < 1.29 is 9.90 Å². The Labute approximate surface area is 92.5 Å². The number of unbranched alkanes of at least 4 members (excludes halogenated alkanes) is 2. The average Bonchev–Trinajstić information content (AvgIpc) is 2.20. The molecule has 0 aliphatic carbocycles. The van der Waals surface area contributed by atoms with Gasteiger partial charge in [-0.05, 0) is 26.2 Å². The highest BCUT2D eigenvalue weighted by Gasteiger charge is 2.08. The molecule has 0 aromatic heterocycles. The van der Waals surface area contributed by atoms with Crippen LogP contribution >= 0.6 is 0 Å². The maximum absolute atomic E-state index is 11.5. The number of amides is 1. The molecule has 15 heavy (non-hydrogen) atoms. The molecule has 0 fully saturated rings. The quantitative estimate of drug-likeness (QED) is 0.511. The summed E-state index contributed by atoms with van der Waals surface area (Å²) >= 11 is 0. The van der Waals surface area contributed by atoms with Gasteiger partial charge in [-0.2, -0.15) is 0 Å². The monoisotopic (exact) mass is 211 g/mol. The zero-order chi connectivity index (χ0) is 11.7. The molecule has 0 bridgehead atoms. The van der Waals surface area contributed by atoms with Gasteiger partial charge in [-0.1, -0.05) is 0 Å². The molecule has 1 unspecified atom stereocenters. The van der Waals surface area contributed by atoms with Crippen LogP contribution in [0.5, 0.6) is 0 Å². The molecule has 0 saturated carbocycles. The van der Waals surface area contributed by atoms with Crippen LogP contribution in [0.15, 0.2) is 0 Å². The lowest BCUT2D eigenvalue weighted by Crippen LogP contribution is -2.29. The molecule has 0 aromatic rings. The van der Waals surface area contributed by atoms with Crippen molar-refractivity contribution in [1.29, 1.82) is 0 Å². The second kappa shape index (κ2) is 8.31. The van der Waals surface area contributed by atoms with Crippen molar-refractivity contribution >= 4 is 5.91 Å². The van der Waals surface area contributed by atoms with Crippen LogP contribution in [0.1, 0.15) is 39.0 Å². The van der Waals surface area contributed by atoms with Gasteiger partial charge in [0.15, 0.2) is 0 Å². The number of carbonyl (C=O) groups is 1. The number of hydrogen-bond acceptors (Lipinski definition) is 2. The third kappa shape index (κ3) is 8.02. The first-order valence-electron chi connectivity index (χ1n) is 5.43. The normalized spacial score (nSPS) is 11.9. The summed E-state index contributed by atoms with van der Waals surface area (Å²) in [6.45, 7) is 2.34. The highest BCUT2D eigenvalue weighted by molar-refractivity contribution is 5.75. The fourth-order valence-electron chi connectivity index (χ4n) is 1.20. The second-order valence-electron chi connectivity index (χ2n) is 3.86.